The molecule has 2 heterocycles. The number of benzene rings is 1. The molecule has 0 bridgehead atoms. The van der Waals surface area contributed by atoms with E-state index in [1.54, 1.807) is 35.8 Å². The molecule has 0 aliphatic carbocycles. The number of nitriles is 1. The Balaban J connectivity index is 2.24. The Labute approximate surface area is 111 Å². The number of hydrogen-bond donors (Lipinski definition) is 1. The lowest BCUT2D eigenvalue weighted by Crippen LogP contribution is -1.86. The van der Waals surface area contributed by atoms with Crippen molar-refractivity contribution in [2.45, 2.75) is 0 Å². The van der Waals surface area contributed by atoms with Crippen molar-refractivity contribution in [2.24, 2.45) is 0 Å². The zero-order chi connectivity index (χ0) is 13.4. The van der Waals surface area contributed by atoms with Crippen LogP contribution in [0.5, 0.6) is 0 Å². The monoisotopic (exact) mass is 269 g/mol. The largest absolute Gasteiger partial charge is 0.361 e. The fourth-order valence-corrected chi connectivity index (χ4v) is 2.79. The number of thiophene rings is 1. The highest BCUT2D eigenvalue weighted by Crippen LogP contribution is 2.38. The highest BCUT2D eigenvalue weighted by atomic mass is 32.1. The van der Waals surface area contributed by atoms with E-state index >= 15 is 0 Å². The molecule has 0 fully saturated rings. The fraction of sp³-hybridized carbons (Fsp3) is 0. The molecule has 0 spiro atoms. The van der Waals surface area contributed by atoms with E-state index in [0.29, 0.717) is 11.1 Å². The zero-order valence-electron chi connectivity index (χ0n) is 9.58. The third kappa shape index (κ3) is 1.77. The van der Waals surface area contributed by atoms with Gasteiger partial charge in [0.25, 0.3) is 0 Å². The summed E-state index contributed by atoms with van der Waals surface area (Å²) in [5.74, 6) is 0. The Kier molecular flexibility index (Phi) is 2.54. The summed E-state index contributed by atoms with van der Waals surface area (Å²) in [5, 5.41) is 22.5. The van der Waals surface area contributed by atoms with Crippen LogP contribution in [-0.2, 0) is 0 Å². The Morgan fingerprint density at radius 2 is 2.16 bits per heavy atom. The first-order chi connectivity index (χ1) is 9.20. The van der Waals surface area contributed by atoms with Crippen LogP contribution in [0.15, 0.2) is 35.8 Å². The molecule has 0 radical (unpaired) electrons. The van der Waals surface area contributed by atoms with Crippen LogP contribution in [0.25, 0.3) is 22.0 Å². The minimum atomic E-state index is -0.373. The molecule has 2 aromatic heterocycles. The number of aromatic nitrogens is 1. The van der Waals surface area contributed by atoms with Crippen molar-refractivity contribution < 1.29 is 4.92 Å². The van der Waals surface area contributed by atoms with E-state index < -0.39 is 0 Å². The van der Waals surface area contributed by atoms with Gasteiger partial charge in [-0.2, -0.15) is 5.26 Å². The average Bonchev–Trinajstić information content (AvgIpc) is 3.03. The summed E-state index contributed by atoms with van der Waals surface area (Å²) in [6, 6.07) is 9.05. The maximum atomic E-state index is 11.0. The van der Waals surface area contributed by atoms with Crippen LogP contribution in [0.4, 0.5) is 5.00 Å². The highest BCUT2D eigenvalue weighted by Gasteiger charge is 2.19. The third-order valence-corrected chi connectivity index (χ3v) is 3.78. The number of nitrogens with one attached hydrogen (secondary N) is 1. The molecule has 0 atom stereocenters. The number of aromatic amines is 1. The number of H-pyrrole nitrogens is 1. The topological polar surface area (TPSA) is 82.7 Å². The Bertz CT molecular complexity index is 826. The molecule has 3 aromatic rings. The van der Waals surface area contributed by atoms with Gasteiger partial charge >= 0.3 is 5.00 Å². The third-order valence-electron chi connectivity index (χ3n) is 2.91. The first kappa shape index (κ1) is 11.4. The smallest absolute Gasteiger partial charge is 0.331 e. The van der Waals surface area contributed by atoms with Gasteiger partial charge in [0.2, 0.25) is 0 Å². The first-order valence-electron chi connectivity index (χ1n) is 5.44. The lowest BCUT2D eigenvalue weighted by Gasteiger charge is -1.96. The van der Waals surface area contributed by atoms with Gasteiger partial charge < -0.3 is 4.98 Å². The predicted molar refractivity (Wildman–Crippen MR) is 73.0 cm³/mol. The summed E-state index contributed by atoms with van der Waals surface area (Å²) in [6.07, 6.45) is 1.74. The number of nitro groups is 1. The van der Waals surface area contributed by atoms with Crippen LogP contribution in [0.3, 0.4) is 0 Å². The fourth-order valence-electron chi connectivity index (χ4n) is 2.07. The lowest BCUT2D eigenvalue weighted by molar-refractivity contribution is -0.379. The molecule has 1 aromatic carbocycles. The molecule has 19 heavy (non-hydrogen) atoms. The molecule has 0 amide bonds. The van der Waals surface area contributed by atoms with Crippen molar-refractivity contribution in [2.75, 3.05) is 0 Å². The van der Waals surface area contributed by atoms with Crippen LogP contribution in [0.2, 0.25) is 0 Å². The van der Waals surface area contributed by atoms with E-state index in [1.165, 1.54) is 0 Å². The summed E-state index contributed by atoms with van der Waals surface area (Å²) >= 11 is 1.11. The van der Waals surface area contributed by atoms with Crippen molar-refractivity contribution in [3.63, 3.8) is 0 Å². The van der Waals surface area contributed by atoms with Crippen molar-refractivity contribution in [3.05, 3.63) is 51.5 Å². The number of hydrogen-bond acceptors (Lipinski definition) is 4. The van der Waals surface area contributed by atoms with E-state index in [4.69, 9.17) is 5.26 Å². The lowest BCUT2D eigenvalue weighted by atomic mass is 10.1. The standard InChI is InChI=1S/C13H7N3O2S/c14-6-8-1-2-9-11(7-15-12(9)5-8)10-3-4-19-13(10)16(17)18/h1-5,7,15H. The quantitative estimate of drug-likeness (QED) is 0.569. The second-order valence-corrected chi connectivity index (χ2v) is 4.87. The summed E-state index contributed by atoms with van der Waals surface area (Å²) < 4.78 is 0. The van der Waals surface area contributed by atoms with E-state index in [-0.39, 0.29) is 9.92 Å². The summed E-state index contributed by atoms with van der Waals surface area (Å²) in [6.45, 7) is 0. The van der Waals surface area contributed by atoms with Crippen LogP contribution in [-0.4, -0.2) is 9.91 Å². The minimum absolute atomic E-state index is 0.130. The van der Waals surface area contributed by atoms with Crippen LogP contribution >= 0.6 is 11.3 Å². The van der Waals surface area contributed by atoms with Gasteiger partial charge in [0, 0.05) is 22.7 Å². The molecule has 0 aliphatic rings. The van der Waals surface area contributed by atoms with E-state index in [0.717, 1.165) is 27.8 Å². The number of nitrogens with zero attached hydrogens (tertiary/aromatic N) is 2. The molecule has 1 N–H and O–H groups in total. The summed E-state index contributed by atoms with van der Waals surface area (Å²) in [5.41, 5.74) is 2.74. The first-order valence-corrected chi connectivity index (χ1v) is 6.32. The van der Waals surface area contributed by atoms with Crippen LogP contribution in [0.1, 0.15) is 5.56 Å². The van der Waals surface area contributed by atoms with Crippen molar-refractivity contribution in [1.29, 1.82) is 5.26 Å². The van der Waals surface area contributed by atoms with Crippen LogP contribution < -0.4 is 0 Å². The van der Waals surface area contributed by atoms with E-state index in [1.807, 2.05) is 0 Å². The highest BCUT2D eigenvalue weighted by molar-refractivity contribution is 7.14. The van der Waals surface area contributed by atoms with E-state index in [9.17, 15) is 10.1 Å². The van der Waals surface area contributed by atoms with Gasteiger partial charge in [0.05, 0.1) is 22.1 Å². The molecule has 92 valence electrons. The Morgan fingerprint density at radius 3 is 2.89 bits per heavy atom. The molecule has 0 aliphatic heterocycles. The van der Waals surface area contributed by atoms with Crippen molar-refractivity contribution >= 4 is 27.2 Å². The molecule has 0 saturated heterocycles. The van der Waals surface area contributed by atoms with Gasteiger partial charge in [-0.15, -0.1) is 0 Å². The molecular weight excluding hydrogens is 262 g/mol. The SMILES string of the molecule is N#Cc1ccc2c(-c3ccsc3[N+](=O)[O-])c[nH]c2c1. The second-order valence-electron chi connectivity index (χ2n) is 3.97. The number of fused-ring (bicyclic) bond motifs is 1. The summed E-state index contributed by atoms with van der Waals surface area (Å²) in [4.78, 5) is 13.7. The number of rotatable bonds is 2. The van der Waals surface area contributed by atoms with Gasteiger partial charge in [-0.1, -0.05) is 17.4 Å². The van der Waals surface area contributed by atoms with Gasteiger partial charge in [0.15, 0.2) is 0 Å². The second kappa shape index (κ2) is 4.23. The van der Waals surface area contributed by atoms with Crippen LogP contribution in [0, 0.1) is 21.4 Å². The molecular formula is C13H7N3O2S. The Hall–Kier alpha value is -2.65. The maximum Gasteiger partial charge on any atom is 0.331 e. The minimum Gasteiger partial charge on any atom is -0.361 e. The molecule has 3 rings (SSSR count). The molecule has 0 saturated carbocycles. The Morgan fingerprint density at radius 1 is 1.32 bits per heavy atom. The molecule has 5 nitrogen and oxygen atoms in total. The molecule has 0 unspecified atom stereocenters. The predicted octanol–water partition coefficient (Wildman–Crippen LogP) is 3.68. The van der Waals surface area contributed by atoms with Crippen molar-refractivity contribution in [3.8, 4) is 17.2 Å². The van der Waals surface area contributed by atoms with Gasteiger partial charge in [-0.25, -0.2) is 0 Å². The van der Waals surface area contributed by atoms with Gasteiger partial charge in [-0.3, -0.25) is 10.1 Å². The maximum absolute atomic E-state index is 11.0. The van der Waals surface area contributed by atoms with Crippen molar-refractivity contribution in [1.82, 2.24) is 4.98 Å². The summed E-state index contributed by atoms with van der Waals surface area (Å²) in [7, 11) is 0. The molecule has 6 heteroatoms. The normalized spacial score (nSPS) is 10.5. The van der Waals surface area contributed by atoms with E-state index in [2.05, 4.69) is 11.1 Å². The van der Waals surface area contributed by atoms with Gasteiger partial charge in [0.1, 0.15) is 0 Å². The van der Waals surface area contributed by atoms with Gasteiger partial charge in [-0.05, 0) is 23.6 Å². The zero-order valence-corrected chi connectivity index (χ0v) is 10.4. The average molecular weight is 269 g/mol.